The molecule has 0 spiro atoms. The molecule has 1 amide bonds. The zero-order chi connectivity index (χ0) is 12.9. The van der Waals surface area contributed by atoms with Crippen molar-refractivity contribution in [3.63, 3.8) is 0 Å². The molecule has 3 fully saturated rings. The first kappa shape index (κ1) is 12.3. The van der Waals surface area contributed by atoms with Gasteiger partial charge in [0.2, 0.25) is 5.91 Å². The predicted octanol–water partition coefficient (Wildman–Crippen LogP) is 0.346. The summed E-state index contributed by atoms with van der Waals surface area (Å²) < 4.78 is 0. The lowest BCUT2D eigenvalue weighted by Crippen LogP contribution is -2.50. The highest BCUT2D eigenvalue weighted by molar-refractivity contribution is 7.99. The smallest absolute Gasteiger partial charge is 0.327 e. The Hall–Kier alpha value is -0.750. The third kappa shape index (κ3) is 1.73. The van der Waals surface area contributed by atoms with Crippen LogP contribution in [0.25, 0.3) is 0 Å². The van der Waals surface area contributed by atoms with Crippen LogP contribution < -0.4 is 5.73 Å². The first-order valence-corrected chi connectivity index (χ1v) is 7.61. The Labute approximate surface area is 110 Å². The molecule has 18 heavy (non-hydrogen) atoms. The highest BCUT2D eigenvalue weighted by Gasteiger charge is 2.51. The number of thioether (sulfide) groups is 1. The monoisotopic (exact) mass is 270 g/mol. The van der Waals surface area contributed by atoms with E-state index in [1.54, 1.807) is 0 Å². The van der Waals surface area contributed by atoms with E-state index in [0.29, 0.717) is 23.5 Å². The van der Waals surface area contributed by atoms with Gasteiger partial charge in [-0.25, -0.2) is 4.79 Å². The minimum absolute atomic E-state index is 0.0212. The van der Waals surface area contributed by atoms with Crippen molar-refractivity contribution in [1.29, 1.82) is 0 Å². The van der Waals surface area contributed by atoms with Crippen molar-refractivity contribution < 1.29 is 14.7 Å². The normalized spacial score (nSPS) is 42.5. The number of hydrogen-bond acceptors (Lipinski definition) is 4. The van der Waals surface area contributed by atoms with Crippen LogP contribution in [0.15, 0.2) is 0 Å². The van der Waals surface area contributed by atoms with Gasteiger partial charge in [0.1, 0.15) is 6.04 Å². The molecule has 1 saturated heterocycles. The van der Waals surface area contributed by atoms with E-state index in [4.69, 9.17) is 10.8 Å². The van der Waals surface area contributed by atoms with Crippen molar-refractivity contribution in [2.24, 2.45) is 23.5 Å². The largest absolute Gasteiger partial charge is 0.480 e. The van der Waals surface area contributed by atoms with Gasteiger partial charge in [-0.2, -0.15) is 0 Å². The second kappa shape index (κ2) is 4.42. The number of amides is 1. The van der Waals surface area contributed by atoms with Crippen LogP contribution in [0.2, 0.25) is 0 Å². The second-order valence-corrected chi connectivity index (χ2v) is 6.60. The molecule has 6 heteroatoms. The molecular weight excluding hydrogens is 252 g/mol. The molecule has 4 unspecified atom stereocenters. The van der Waals surface area contributed by atoms with Crippen molar-refractivity contribution >= 4 is 23.6 Å². The van der Waals surface area contributed by atoms with E-state index >= 15 is 0 Å². The number of carboxylic acid groups (broad SMARTS) is 1. The van der Waals surface area contributed by atoms with Gasteiger partial charge < -0.3 is 15.7 Å². The van der Waals surface area contributed by atoms with Crippen LogP contribution in [0.1, 0.15) is 19.3 Å². The summed E-state index contributed by atoms with van der Waals surface area (Å²) in [5.74, 6) is 0.801. The van der Waals surface area contributed by atoms with Crippen LogP contribution >= 0.6 is 11.8 Å². The van der Waals surface area contributed by atoms with Crippen molar-refractivity contribution in [2.45, 2.75) is 31.3 Å². The standard InChI is InChI=1S/C12H18N2O3S/c13-10-7-2-1-6(3-7)9(10)11(15)14-5-18-4-8(14)12(16)17/h6-10H,1-5,13H2,(H,16,17)/t6?,7?,8-,9?,10?/m0/s1. The van der Waals surface area contributed by atoms with Gasteiger partial charge in [-0.15, -0.1) is 11.8 Å². The average Bonchev–Trinajstić information content (AvgIpc) is 3.03. The van der Waals surface area contributed by atoms with Crippen LogP contribution in [0.5, 0.6) is 0 Å². The van der Waals surface area contributed by atoms with Gasteiger partial charge in [0.25, 0.3) is 0 Å². The van der Waals surface area contributed by atoms with Crippen LogP contribution in [-0.2, 0) is 9.59 Å². The Kier molecular flexibility index (Phi) is 3.02. The SMILES string of the molecule is NC1C2CCC(C2)C1C(=O)N1CSC[C@H]1C(=O)O. The maximum absolute atomic E-state index is 12.5. The Bertz CT molecular complexity index is 388. The summed E-state index contributed by atoms with van der Waals surface area (Å²) in [6.07, 6.45) is 3.26. The van der Waals surface area contributed by atoms with Gasteiger partial charge >= 0.3 is 5.97 Å². The Morgan fingerprint density at radius 1 is 1.28 bits per heavy atom. The molecule has 0 aromatic carbocycles. The second-order valence-electron chi connectivity index (χ2n) is 5.60. The number of carbonyl (C=O) groups excluding carboxylic acids is 1. The van der Waals surface area contributed by atoms with E-state index in [1.165, 1.54) is 16.7 Å². The summed E-state index contributed by atoms with van der Waals surface area (Å²) in [6, 6.07) is -0.717. The number of carbonyl (C=O) groups is 2. The van der Waals surface area contributed by atoms with Gasteiger partial charge in [0.15, 0.2) is 0 Å². The lowest BCUT2D eigenvalue weighted by molar-refractivity contribution is -0.150. The van der Waals surface area contributed by atoms with Crippen molar-refractivity contribution in [1.82, 2.24) is 4.90 Å². The van der Waals surface area contributed by atoms with Crippen molar-refractivity contribution in [3.8, 4) is 0 Å². The number of rotatable bonds is 2. The van der Waals surface area contributed by atoms with Crippen LogP contribution in [0.4, 0.5) is 0 Å². The molecule has 3 rings (SSSR count). The average molecular weight is 270 g/mol. The number of nitrogens with two attached hydrogens (primary N) is 1. The van der Waals surface area contributed by atoms with E-state index in [1.807, 2.05) is 0 Å². The molecule has 0 aromatic heterocycles. The quantitative estimate of drug-likeness (QED) is 0.756. The maximum Gasteiger partial charge on any atom is 0.327 e. The number of carboxylic acids is 1. The van der Waals surface area contributed by atoms with Crippen LogP contribution in [-0.4, -0.2) is 45.6 Å². The molecule has 2 aliphatic carbocycles. The molecule has 3 aliphatic rings. The summed E-state index contributed by atoms with van der Waals surface area (Å²) >= 11 is 1.51. The van der Waals surface area contributed by atoms with Crippen LogP contribution in [0.3, 0.4) is 0 Å². The van der Waals surface area contributed by atoms with E-state index in [0.717, 1.165) is 19.3 Å². The molecular formula is C12H18N2O3S. The van der Waals surface area contributed by atoms with E-state index in [2.05, 4.69) is 0 Å². The topological polar surface area (TPSA) is 83.6 Å². The highest BCUT2D eigenvalue weighted by Crippen LogP contribution is 2.48. The summed E-state index contributed by atoms with van der Waals surface area (Å²) in [6.45, 7) is 0. The lowest BCUT2D eigenvalue weighted by atomic mass is 9.84. The molecule has 5 nitrogen and oxygen atoms in total. The van der Waals surface area contributed by atoms with Gasteiger partial charge in [0, 0.05) is 11.8 Å². The zero-order valence-corrected chi connectivity index (χ0v) is 10.9. The molecule has 2 saturated carbocycles. The number of fused-ring (bicyclic) bond motifs is 2. The molecule has 1 heterocycles. The summed E-state index contributed by atoms with van der Waals surface area (Å²) in [5, 5.41) is 9.13. The van der Waals surface area contributed by atoms with E-state index in [9.17, 15) is 9.59 Å². The fourth-order valence-corrected chi connectivity index (χ4v) is 4.91. The molecule has 1 aliphatic heterocycles. The highest BCUT2D eigenvalue weighted by atomic mass is 32.2. The fourth-order valence-electron chi connectivity index (χ4n) is 3.76. The maximum atomic E-state index is 12.5. The Morgan fingerprint density at radius 2 is 2.00 bits per heavy atom. The van der Waals surface area contributed by atoms with E-state index in [-0.39, 0.29) is 17.9 Å². The van der Waals surface area contributed by atoms with Crippen LogP contribution in [0, 0.1) is 17.8 Å². The minimum atomic E-state index is -0.898. The van der Waals surface area contributed by atoms with Gasteiger partial charge in [-0.05, 0) is 31.1 Å². The molecule has 2 bridgehead atoms. The van der Waals surface area contributed by atoms with Crippen molar-refractivity contribution in [2.75, 3.05) is 11.6 Å². The molecule has 100 valence electrons. The molecule has 0 aromatic rings. The van der Waals surface area contributed by atoms with Gasteiger partial charge in [-0.3, -0.25) is 4.79 Å². The first-order valence-electron chi connectivity index (χ1n) is 6.46. The summed E-state index contributed by atoms with van der Waals surface area (Å²) in [7, 11) is 0. The fraction of sp³-hybridized carbons (Fsp3) is 0.833. The Morgan fingerprint density at radius 3 is 2.61 bits per heavy atom. The lowest BCUT2D eigenvalue weighted by Gasteiger charge is -2.32. The van der Waals surface area contributed by atoms with Gasteiger partial charge in [-0.1, -0.05) is 0 Å². The number of nitrogens with zero attached hydrogens (tertiary/aromatic N) is 1. The molecule has 3 N–H and O–H groups in total. The van der Waals surface area contributed by atoms with Gasteiger partial charge in [0.05, 0.1) is 11.8 Å². The Balaban J connectivity index is 1.76. The predicted molar refractivity (Wildman–Crippen MR) is 67.9 cm³/mol. The summed E-state index contributed by atoms with van der Waals surface area (Å²) in [4.78, 5) is 25.2. The molecule has 5 atom stereocenters. The number of hydrogen-bond donors (Lipinski definition) is 2. The first-order chi connectivity index (χ1) is 8.59. The van der Waals surface area contributed by atoms with Crippen molar-refractivity contribution in [3.05, 3.63) is 0 Å². The third-order valence-electron chi connectivity index (χ3n) is 4.72. The van der Waals surface area contributed by atoms with E-state index < -0.39 is 12.0 Å². The minimum Gasteiger partial charge on any atom is -0.480 e. The number of aliphatic carboxylic acids is 1. The molecule has 0 radical (unpaired) electrons. The summed E-state index contributed by atoms with van der Waals surface area (Å²) in [5.41, 5.74) is 6.15. The zero-order valence-electron chi connectivity index (χ0n) is 10.1. The third-order valence-corrected chi connectivity index (χ3v) is 5.73.